The Morgan fingerprint density at radius 1 is 1.35 bits per heavy atom. The number of rotatable bonds is 3. The van der Waals surface area contributed by atoms with Crippen LogP contribution in [0.15, 0.2) is 24.3 Å². The van der Waals surface area contributed by atoms with Crippen molar-refractivity contribution in [2.45, 2.75) is 19.4 Å². The summed E-state index contributed by atoms with van der Waals surface area (Å²) in [6.45, 7) is 1.72. The van der Waals surface area contributed by atoms with E-state index in [-0.39, 0.29) is 18.6 Å². The zero-order valence-electron chi connectivity index (χ0n) is 10.8. The van der Waals surface area contributed by atoms with Crippen molar-refractivity contribution in [2.75, 3.05) is 0 Å². The largest absolute Gasteiger partial charge is 2.00 e. The van der Waals surface area contributed by atoms with E-state index in [1.807, 2.05) is 12.1 Å². The SMILES string of the molecule is Cc1nn[c-]nn1.N[C@@H](Cc1cc[c-]cc1)C(=O)O.[V+2]. The number of carboxylic acids is 1. The smallest absolute Gasteiger partial charge is 0.480 e. The zero-order chi connectivity index (χ0) is 14.1. The van der Waals surface area contributed by atoms with Crippen LogP contribution in [0.1, 0.15) is 11.4 Å². The molecular weight excluding hydrogens is 297 g/mol. The van der Waals surface area contributed by atoms with Gasteiger partial charge in [0.1, 0.15) is 6.04 Å². The molecule has 8 heteroatoms. The molecule has 0 aliphatic carbocycles. The predicted octanol–water partition coefficient (Wildman–Crippen LogP) is -0.186. The Balaban J connectivity index is 0.000000387. The molecule has 0 amide bonds. The molecule has 103 valence electrons. The molecule has 1 radical (unpaired) electrons. The number of aryl methyl sites for hydroxylation is 1. The van der Waals surface area contributed by atoms with Crippen molar-refractivity contribution < 1.29 is 28.5 Å². The summed E-state index contributed by atoms with van der Waals surface area (Å²) in [5.41, 5.74) is 6.26. The average molecular weight is 310 g/mol. The van der Waals surface area contributed by atoms with Gasteiger partial charge in [0.25, 0.3) is 0 Å². The van der Waals surface area contributed by atoms with Crippen molar-refractivity contribution in [3.05, 3.63) is 48.0 Å². The number of hydrogen-bond donors (Lipinski definition) is 2. The topological polar surface area (TPSA) is 115 Å². The number of nitrogens with zero attached hydrogens (tertiary/aromatic N) is 4. The first kappa shape index (κ1) is 18.2. The maximum absolute atomic E-state index is 10.4. The van der Waals surface area contributed by atoms with Gasteiger partial charge in [-0.15, -0.1) is 0 Å². The van der Waals surface area contributed by atoms with E-state index in [4.69, 9.17) is 10.8 Å². The van der Waals surface area contributed by atoms with Gasteiger partial charge >= 0.3 is 24.5 Å². The van der Waals surface area contributed by atoms with Crippen LogP contribution in [-0.4, -0.2) is 37.5 Å². The van der Waals surface area contributed by atoms with E-state index in [9.17, 15) is 4.79 Å². The number of carbonyl (C=O) groups is 1. The Labute approximate surface area is 128 Å². The van der Waals surface area contributed by atoms with Crippen molar-refractivity contribution in [3.63, 3.8) is 0 Å². The van der Waals surface area contributed by atoms with Gasteiger partial charge in [-0.25, -0.2) is 6.33 Å². The third-order valence-electron chi connectivity index (χ3n) is 2.04. The Hall–Kier alpha value is -1.83. The summed E-state index contributed by atoms with van der Waals surface area (Å²) in [5.74, 6) is -0.401. The molecular formula is C12H13N5O2V. The Kier molecular flexibility index (Phi) is 9.11. The van der Waals surface area contributed by atoms with Crippen LogP contribution in [0.25, 0.3) is 0 Å². The summed E-state index contributed by atoms with van der Waals surface area (Å²) >= 11 is 0. The molecule has 2 rings (SSSR count). The molecule has 0 spiro atoms. The summed E-state index contributed by atoms with van der Waals surface area (Å²) in [5, 5.41) is 22.2. The van der Waals surface area contributed by atoms with Gasteiger partial charge in [-0.1, -0.05) is 0 Å². The molecule has 20 heavy (non-hydrogen) atoms. The van der Waals surface area contributed by atoms with Crippen LogP contribution < -0.4 is 5.73 Å². The van der Waals surface area contributed by atoms with Crippen LogP contribution in [0, 0.1) is 19.3 Å². The van der Waals surface area contributed by atoms with E-state index in [0.717, 1.165) is 5.56 Å². The zero-order valence-corrected chi connectivity index (χ0v) is 12.2. The Morgan fingerprint density at radius 2 is 1.90 bits per heavy atom. The number of carboxylic acid groups (broad SMARTS) is 1. The molecule has 0 fully saturated rings. The minimum absolute atomic E-state index is 0. The number of benzene rings is 1. The molecule has 1 atom stereocenters. The first-order valence-corrected chi connectivity index (χ1v) is 5.43. The second kappa shape index (κ2) is 10.0. The van der Waals surface area contributed by atoms with Gasteiger partial charge < -0.3 is 21.0 Å². The van der Waals surface area contributed by atoms with E-state index >= 15 is 0 Å². The van der Waals surface area contributed by atoms with E-state index in [1.54, 1.807) is 19.1 Å². The summed E-state index contributed by atoms with van der Waals surface area (Å²) in [6.07, 6.45) is 2.58. The van der Waals surface area contributed by atoms with Gasteiger partial charge in [0.05, 0.1) is 0 Å². The maximum Gasteiger partial charge on any atom is 2.00 e. The maximum atomic E-state index is 10.4. The standard InChI is InChI=1S/C9H10NO2.C3H3N4.V/c10-8(9(11)12)6-7-4-2-1-3-5-7;1-3-6-4-2-5-7-3;/h2-5,8H,6,10H2,(H,11,12);1H3;/q2*-1;+2/t8-;;/m0../s1. The van der Waals surface area contributed by atoms with Gasteiger partial charge in [-0.05, 0) is 13.3 Å². The quantitative estimate of drug-likeness (QED) is 0.755. The fourth-order valence-corrected chi connectivity index (χ4v) is 1.13. The van der Waals surface area contributed by atoms with E-state index in [0.29, 0.717) is 12.2 Å². The van der Waals surface area contributed by atoms with Crippen LogP contribution in [0.2, 0.25) is 0 Å². The van der Waals surface area contributed by atoms with Gasteiger partial charge in [0, 0.05) is 0 Å². The normalized spacial score (nSPS) is 10.5. The summed E-state index contributed by atoms with van der Waals surface area (Å²) < 4.78 is 0. The molecule has 1 aromatic carbocycles. The molecule has 7 nitrogen and oxygen atoms in total. The van der Waals surface area contributed by atoms with Crippen LogP contribution in [0.4, 0.5) is 0 Å². The third-order valence-corrected chi connectivity index (χ3v) is 2.04. The van der Waals surface area contributed by atoms with Crippen LogP contribution in [-0.2, 0) is 29.8 Å². The van der Waals surface area contributed by atoms with E-state index in [2.05, 4.69) is 32.8 Å². The van der Waals surface area contributed by atoms with Crippen molar-refractivity contribution in [3.8, 4) is 0 Å². The summed E-state index contributed by atoms with van der Waals surface area (Å²) in [6, 6.07) is 9.13. The Morgan fingerprint density at radius 3 is 2.30 bits per heavy atom. The van der Waals surface area contributed by atoms with Crippen molar-refractivity contribution in [1.82, 2.24) is 20.4 Å². The van der Waals surface area contributed by atoms with Crippen LogP contribution >= 0.6 is 0 Å². The number of aromatic nitrogens is 4. The van der Waals surface area contributed by atoms with Gasteiger partial charge in [-0.3, -0.25) is 4.79 Å². The molecule has 2 aromatic rings. The number of nitrogens with two attached hydrogens (primary N) is 1. The van der Waals surface area contributed by atoms with Crippen molar-refractivity contribution in [2.24, 2.45) is 5.73 Å². The molecule has 0 aliphatic rings. The molecule has 0 saturated heterocycles. The molecule has 3 N–H and O–H groups in total. The molecule has 1 aromatic heterocycles. The number of hydrogen-bond acceptors (Lipinski definition) is 6. The van der Waals surface area contributed by atoms with Gasteiger partial charge in [0.15, 0.2) is 5.82 Å². The first-order chi connectivity index (χ1) is 9.09. The third kappa shape index (κ3) is 7.57. The molecule has 1 heterocycles. The fraction of sp³-hybridized carbons (Fsp3) is 0.250. The molecule has 0 bridgehead atoms. The van der Waals surface area contributed by atoms with Crippen LogP contribution in [0.5, 0.6) is 0 Å². The minimum atomic E-state index is -0.970. The number of aliphatic carboxylic acids is 1. The second-order valence-corrected chi connectivity index (χ2v) is 3.60. The van der Waals surface area contributed by atoms with Crippen molar-refractivity contribution in [1.29, 1.82) is 0 Å². The fourth-order valence-electron chi connectivity index (χ4n) is 1.13. The first-order valence-electron chi connectivity index (χ1n) is 5.43. The van der Waals surface area contributed by atoms with E-state index < -0.39 is 12.0 Å². The van der Waals surface area contributed by atoms with Crippen LogP contribution in [0.3, 0.4) is 0 Å². The van der Waals surface area contributed by atoms with Crippen molar-refractivity contribution >= 4 is 5.97 Å². The summed E-state index contributed by atoms with van der Waals surface area (Å²) in [4.78, 5) is 10.4. The predicted molar refractivity (Wildman–Crippen MR) is 65.8 cm³/mol. The second-order valence-electron chi connectivity index (χ2n) is 3.60. The molecule has 0 saturated carbocycles. The van der Waals surface area contributed by atoms with E-state index in [1.165, 1.54) is 0 Å². The minimum Gasteiger partial charge on any atom is -0.480 e. The average Bonchev–Trinajstić information content (AvgIpc) is 2.41. The Bertz CT molecular complexity index is 498. The molecule has 0 aliphatic heterocycles. The monoisotopic (exact) mass is 310 g/mol. The molecule has 0 unspecified atom stereocenters. The van der Waals surface area contributed by atoms with Gasteiger partial charge in [-0.2, -0.15) is 46.1 Å². The summed E-state index contributed by atoms with van der Waals surface area (Å²) in [7, 11) is 0. The van der Waals surface area contributed by atoms with Gasteiger partial charge in [0.2, 0.25) is 0 Å².